The van der Waals surface area contributed by atoms with Gasteiger partial charge in [-0.05, 0) is 66.5 Å². The molecule has 1 heterocycles. The van der Waals surface area contributed by atoms with Crippen LogP contribution in [0.15, 0.2) is 48.5 Å². The lowest BCUT2D eigenvalue weighted by atomic mass is 9.74. The number of benzene rings is 2. The van der Waals surface area contributed by atoms with Crippen molar-refractivity contribution in [3.8, 4) is 0 Å². The molecule has 2 aromatic rings. The molecule has 0 saturated carbocycles. The Hall–Kier alpha value is -2.35. The van der Waals surface area contributed by atoms with Crippen LogP contribution in [0.1, 0.15) is 57.8 Å². The van der Waals surface area contributed by atoms with Crippen LogP contribution in [0.2, 0.25) is 0 Å². The molecule has 1 fully saturated rings. The van der Waals surface area contributed by atoms with Gasteiger partial charge in [0.1, 0.15) is 0 Å². The largest absolute Gasteiger partial charge is 0.335 e. The van der Waals surface area contributed by atoms with Crippen molar-refractivity contribution in [2.75, 3.05) is 6.54 Å². The van der Waals surface area contributed by atoms with Gasteiger partial charge in [-0.2, -0.15) is 0 Å². The first-order valence-electron chi connectivity index (χ1n) is 9.49. The lowest BCUT2D eigenvalue weighted by Gasteiger charge is -2.45. The molecule has 5 rings (SSSR count). The summed E-state index contributed by atoms with van der Waals surface area (Å²) >= 11 is 0. The van der Waals surface area contributed by atoms with Gasteiger partial charge < -0.3 is 4.90 Å². The van der Waals surface area contributed by atoms with Crippen LogP contribution in [0.4, 0.5) is 0 Å². The molecule has 1 amide bonds. The predicted octanol–water partition coefficient (Wildman–Crippen LogP) is 4.59. The molecular weight excluding hydrogens is 306 g/mol. The number of allylic oxidation sites excluding steroid dienone is 1. The molecule has 1 saturated heterocycles. The van der Waals surface area contributed by atoms with E-state index in [0.29, 0.717) is 12.0 Å². The van der Waals surface area contributed by atoms with Crippen molar-refractivity contribution in [2.24, 2.45) is 0 Å². The summed E-state index contributed by atoms with van der Waals surface area (Å²) in [7, 11) is 0. The summed E-state index contributed by atoms with van der Waals surface area (Å²) in [5.74, 6) is 0.731. The van der Waals surface area contributed by atoms with Crippen molar-refractivity contribution in [2.45, 2.75) is 44.1 Å². The van der Waals surface area contributed by atoms with Gasteiger partial charge >= 0.3 is 0 Å². The Morgan fingerprint density at radius 1 is 1.04 bits per heavy atom. The molecular formula is C23H23NO. The molecule has 126 valence electrons. The van der Waals surface area contributed by atoms with Gasteiger partial charge in [-0.1, -0.05) is 42.5 Å². The van der Waals surface area contributed by atoms with Gasteiger partial charge in [0.2, 0.25) is 0 Å². The minimum atomic E-state index is 0.220. The van der Waals surface area contributed by atoms with Crippen LogP contribution in [0.25, 0.3) is 6.08 Å². The maximum absolute atomic E-state index is 13.3. The van der Waals surface area contributed by atoms with Crippen molar-refractivity contribution in [3.05, 3.63) is 76.4 Å². The van der Waals surface area contributed by atoms with E-state index in [4.69, 9.17) is 0 Å². The number of amides is 1. The smallest absolute Gasteiger partial charge is 0.254 e. The van der Waals surface area contributed by atoms with Crippen LogP contribution in [-0.4, -0.2) is 23.4 Å². The van der Waals surface area contributed by atoms with Gasteiger partial charge in [0.25, 0.3) is 5.91 Å². The molecule has 0 bridgehead atoms. The standard InChI is InChI=1S/C23H23NO/c25-23(19-11-10-16-6-3-7-18(16)15-19)24-14-4-9-21-20-8-2-1-5-17(20)12-13-22(21)24/h1-3,5,7-8,10-11,15,21-22H,4,6,9,12-14H2/t21?,22-/m0/s1. The second kappa shape index (κ2) is 5.87. The van der Waals surface area contributed by atoms with E-state index in [1.807, 2.05) is 6.07 Å². The van der Waals surface area contributed by atoms with Crippen LogP contribution in [-0.2, 0) is 12.8 Å². The number of fused-ring (bicyclic) bond motifs is 4. The Labute approximate surface area is 149 Å². The third kappa shape index (κ3) is 2.43. The summed E-state index contributed by atoms with van der Waals surface area (Å²) in [6.45, 7) is 0.898. The quantitative estimate of drug-likeness (QED) is 0.749. The van der Waals surface area contributed by atoms with Crippen LogP contribution in [0.3, 0.4) is 0 Å². The zero-order valence-corrected chi connectivity index (χ0v) is 14.4. The van der Waals surface area contributed by atoms with Crippen LogP contribution >= 0.6 is 0 Å². The van der Waals surface area contributed by atoms with Crippen molar-refractivity contribution in [3.63, 3.8) is 0 Å². The molecule has 2 heteroatoms. The number of rotatable bonds is 1. The second-order valence-electron chi connectivity index (χ2n) is 7.57. The van der Waals surface area contributed by atoms with Crippen molar-refractivity contribution in [1.82, 2.24) is 4.90 Å². The van der Waals surface area contributed by atoms with Gasteiger partial charge in [-0.25, -0.2) is 0 Å². The average molecular weight is 329 g/mol. The monoisotopic (exact) mass is 329 g/mol. The molecule has 0 N–H and O–H groups in total. The number of piperidine rings is 1. The maximum atomic E-state index is 13.3. The Morgan fingerprint density at radius 3 is 2.92 bits per heavy atom. The van der Waals surface area contributed by atoms with Crippen LogP contribution in [0, 0.1) is 0 Å². The lowest BCUT2D eigenvalue weighted by Crippen LogP contribution is -2.49. The van der Waals surface area contributed by atoms with E-state index in [0.717, 1.165) is 37.8 Å². The first-order valence-corrected chi connectivity index (χ1v) is 9.49. The lowest BCUT2D eigenvalue weighted by molar-refractivity contribution is 0.0547. The number of hydrogen-bond acceptors (Lipinski definition) is 1. The molecule has 3 aliphatic rings. The molecule has 0 aromatic heterocycles. The van der Waals surface area contributed by atoms with E-state index in [1.54, 1.807) is 0 Å². The third-order valence-electron chi connectivity index (χ3n) is 6.23. The van der Waals surface area contributed by atoms with Crippen LogP contribution in [0.5, 0.6) is 0 Å². The first-order chi connectivity index (χ1) is 12.3. The fraction of sp³-hybridized carbons (Fsp3) is 0.348. The van der Waals surface area contributed by atoms with E-state index < -0.39 is 0 Å². The van der Waals surface area contributed by atoms with Gasteiger partial charge in [0.15, 0.2) is 0 Å². The predicted molar refractivity (Wildman–Crippen MR) is 101 cm³/mol. The highest BCUT2D eigenvalue weighted by Crippen LogP contribution is 2.41. The zero-order chi connectivity index (χ0) is 16.8. The van der Waals surface area contributed by atoms with Gasteiger partial charge in [-0.15, -0.1) is 0 Å². The summed E-state index contributed by atoms with van der Waals surface area (Å²) in [5, 5.41) is 0. The molecule has 0 spiro atoms. The topological polar surface area (TPSA) is 20.3 Å². The highest BCUT2D eigenvalue weighted by Gasteiger charge is 2.38. The Kier molecular flexibility index (Phi) is 3.51. The van der Waals surface area contributed by atoms with Crippen LogP contribution < -0.4 is 0 Å². The Morgan fingerprint density at radius 2 is 1.96 bits per heavy atom. The van der Waals surface area contributed by atoms with E-state index in [-0.39, 0.29) is 5.91 Å². The van der Waals surface area contributed by atoms with Gasteiger partial charge in [0, 0.05) is 24.1 Å². The molecule has 1 unspecified atom stereocenters. The minimum absolute atomic E-state index is 0.220. The zero-order valence-electron chi connectivity index (χ0n) is 14.4. The average Bonchev–Trinajstić information content (AvgIpc) is 3.14. The summed E-state index contributed by atoms with van der Waals surface area (Å²) in [6.07, 6.45) is 9.81. The number of aryl methyl sites for hydroxylation is 1. The van der Waals surface area contributed by atoms with E-state index in [1.165, 1.54) is 28.7 Å². The molecule has 2 aromatic carbocycles. The van der Waals surface area contributed by atoms with Crippen molar-refractivity contribution < 1.29 is 4.79 Å². The molecule has 0 radical (unpaired) electrons. The number of hydrogen-bond donors (Lipinski definition) is 0. The highest BCUT2D eigenvalue weighted by molar-refractivity contribution is 5.95. The summed E-state index contributed by atoms with van der Waals surface area (Å²) in [5.41, 5.74) is 6.37. The maximum Gasteiger partial charge on any atom is 0.254 e. The van der Waals surface area contributed by atoms with E-state index in [2.05, 4.69) is 53.5 Å². The molecule has 1 aliphatic heterocycles. The summed E-state index contributed by atoms with van der Waals surface area (Å²) < 4.78 is 0. The van der Waals surface area contributed by atoms with E-state index >= 15 is 0 Å². The fourth-order valence-electron chi connectivity index (χ4n) is 5.00. The molecule has 2 aliphatic carbocycles. The number of carbonyl (C=O) groups is 1. The summed E-state index contributed by atoms with van der Waals surface area (Å²) in [6, 6.07) is 15.4. The number of carbonyl (C=O) groups excluding carboxylic acids is 1. The van der Waals surface area contributed by atoms with Crippen molar-refractivity contribution in [1.29, 1.82) is 0 Å². The Balaban J connectivity index is 1.46. The highest BCUT2D eigenvalue weighted by atomic mass is 16.2. The van der Waals surface area contributed by atoms with E-state index in [9.17, 15) is 4.79 Å². The van der Waals surface area contributed by atoms with Gasteiger partial charge in [-0.3, -0.25) is 4.79 Å². The fourth-order valence-corrected chi connectivity index (χ4v) is 5.00. The normalized spacial score (nSPS) is 23.8. The molecule has 25 heavy (non-hydrogen) atoms. The minimum Gasteiger partial charge on any atom is -0.335 e. The number of nitrogens with zero attached hydrogens (tertiary/aromatic N) is 1. The second-order valence-corrected chi connectivity index (χ2v) is 7.57. The van der Waals surface area contributed by atoms with Gasteiger partial charge in [0.05, 0.1) is 0 Å². The first kappa shape index (κ1) is 14.9. The third-order valence-corrected chi connectivity index (χ3v) is 6.23. The number of likely N-dealkylation sites (tertiary alicyclic amines) is 1. The Bertz CT molecular complexity index is 866. The SMILES string of the molecule is O=C(c1ccc2c(c1)C=CC2)N1CCCC2c3ccccc3CC[C@@H]21. The summed E-state index contributed by atoms with van der Waals surface area (Å²) in [4.78, 5) is 15.4. The van der Waals surface area contributed by atoms with Crippen molar-refractivity contribution >= 4 is 12.0 Å². The molecule has 2 atom stereocenters. The molecule has 2 nitrogen and oxygen atoms in total.